The Kier molecular flexibility index (Phi) is 5.45. The van der Waals surface area contributed by atoms with E-state index in [-0.39, 0.29) is 10.8 Å². The zero-order valence-electron chi connectivity index (χ0n) is 18.9. The van der Waals surface area contributed by atoms with Crippen LogP contribution in [0.15, 0.2) is 72.8 Å². The van der Waals surface area contributed by atoms with Gasteiger partial charge in [-0.3, -0.25) is 19.8 Å². The van der Waals surface area contributed by atoms with Gasteiger partial charge in [0.2, 0.25) is 0 Å². The van der Waals surface area contributed by atoms with E-state index >= 15 is 0 Å². The molecule has 174 valence electrons. The highest BCUT2D eigenvalue weighted by Crippen LogP contribution is 2.52. The van der Waals surface area contributed by atoms with Crippen LogP contribution in [0.2, 0.25) is 0 Å². The number of carbonyl (C=O) groups is 1. The van der Waals surface area contributed by atoms with Crippen LogP contribution >= 0.6 is 0 Å². The number of nitro groups is 1. The number of benzene rings is 3. The number of carbonyl (C=O) groups excluding carboxylic acids is 1. The first-order valence-electron chi connectivity index (χ1n) is 11.1. The molecule has 1 fully saturated rings. The van der Waals surface area contributed by atoms with Crippen LogP contribution in [0.3, 0.4) is 0 Å². The molecule has 0 aliphatic carbocycles. The van der Waals surface area contributed by atoms with Crippen molar-refractivity contribution in [1.82, 2.24) is 4.90 Å². The third-order valence-corrected chi connectivity index (χ3v) is 6.89. The Morgan fingerprint density at radius 2 is 1.82 bits per heavy atom. The maximum atomic E-state index is 13.3. The van der Waals surface area contributed by atoms with Gasteiger partial charge in [0.15, 0.2) is 17.0 Å². The van der Waals surface area contributed by atoms with Crippen LogP contribution < -0.4 is 14.8 Å². The van der Waals surface area contributed by atoms with Gasteiger partial charge in [-0.1, -0.05) is 54.6 Å². The molecule has 3 aromatic rings. The Labute approximate surface area is 197 Å². The number of likely N-dealkylation sites (N-methyl/N-ethyl adjacent to an activating group) is 1. The Hall–Kier alpha value is -3.91. The van der Waals surface area contributed by atoms with E-state index < -0.39 is 17.5 Å². The fourth-order valence-electron chi connectivity index (χ4n) is 5.35. The number of rotatable bonds is 6. The van der Waals surface area contributed by atoms with Gasteiger partial charge in [-0.25, -0.2) is 0 Å². The second kappa shape index (κ2) is 8.46. The van der Waals surface area contributed by atoms with Crippen molar-refractivity contribution in [2.24, 2.45) is 0 Å². The summed E-state index contributed by atoms with van der Waals surface area (Å²) in [5, 5.41) is 15.3. The number of amides is 1. The number of nitrogens with one attached hydrogen (secondary N) is 1. The minimum absolute atomic E-state index is 0.317. The predicted octanol–water partition coefficient (Wildman–Crippen LogP) is 3.80. The van der Waals surface area contributed by atoms with Crippen LogP contribution in [0.1, 0.15) is 22.6 Å². The Balaban J connectivity index is 1.50. The zero-order valence-corrected chi connectivity index (χ0v) is 18.9. The minimum atomic E-state index is -1.37. The Morgan fingerprint density at radius 1 is 1.09 bits per heavy atom. The second-order valence-corrected chi connectivity index (χ2v) is 8.67. The fourth-order valence-corrected chi connectivity index (χ4v) is 5.35. The van der Waals surface area contributed by atoms with Gasteiger partial charge >= 0.3 is 0 Å². The number of fused-ring (bicyclic) bond motifs is 2. The minimum Gasteiger partial charge on any atom is -0.493 e. The average Bonchev–Trinajstić information content (AvgIpc) is 3.33. The molecule has 8 heteroatoms. The normalized spacial score (nSPS) is 23.5. The number of methoxy groups -OCH3 is 1. The highest BCUT2D eigenvalue weighted by atomic mass is 16.6. The van der Waals surface area contributed by atoms with Crippen LogP contribution in [-0.2, 0) is 16.9 Å². The van der Waals surface area contributed by atoms with E-state index in [0.717, 1.165) is 11.1 Å². The lowest BCUT2D eigenvalue weighted by atomic mass is 9.79. The molecule has 34 heavy (non-hydrogen) atoms. The molecular weight excluding hydrogens is 434 g/mol. The Morgan fingerprint density at radius 3 is 2.56 bits per heavy atom. The first-order chi connectivity index (χ1) is 16.5. The Bertz CT molecular complexity index is 1250. The maximum Gasteiger partial charge on any atom is 0.256 e. The SMILES string of the molecule is COc1cc([C@@H]2CN(C)[C@]3(C(=O)Nc4ccccc43)[C@H]2[N+](=O)[O-])ccc1OCc1ccccc1. The molecular formula is C26H25N3O5. The molecule has 1 saturated heterocycles. The van der Waals surface area contributed by atoms with E-state index in [4.69, 9.17) is 9.47 Å². The van der Waals surface area contributed by atoms with Gasteiger partial charge in [0.05, 0.1) is 13.0 Å². The first kappa shape index (κ1) is 21.9. The molecule has 1 amide bonds. The molecule has 0 unspecified atom stereocenters. The molecule has 2 heterocycles. The number of hydrogen-bond acceptors (Lipinski definition) is 6. The van der Waals surface area contributed by atoms with Crippen molar-refractivity contribution in [3.63, 3.8) is 0 Å². The van der Waals surface area contributed by atoms with Crippen LogP contribution in [0.4, 0.5) is 5.69 Å². The van der Waals surface area contributed by atoms with Gasteiger partial charge in [-0.15, -0.1) is 0 Å². The second-order valence-electron chi connectivity index (χ2n) is 8.67. The summed E-state index contributed by atoms with van der Waals surface area (Å²) in [6.07, 6.45) is 0. The van der Waals surface area contributed by atoms with Crippen molar-refractivity contribution in [1.29, 1.82) is 0 Å². The lowest BCUT2D eigenvalue weighted by molar-refractivity contribution is -0.534. The first-order valence-corrected chi connectivity index (χ1v) is 11.1. The maximum absolute atomic E-state index is 13.3. The quantitative estimate of drug-likeness (QED) is 0.445. The van der Waals surface area contributed by atoms with Crippen LogP contribution in [0.5, 0.6) is 11.5 Å². The lowest BCUT2D eigenvalue weighted by Crippen LogP contribution is -2.54. The van der Waals surface area contributed by atoms with E-state index in [1.807, 2.05) is 42.5 Å². The molecule has 1 spiro atoms. The van der Waals surface area contributed by atoms with Crippen molar-refractivity contribution >= 4 is 11.6 Å². The summed E-state index contributed by atoms with van der Waals surface area (Å²) in [5.41, 5.74) is 1.63. The van der Waals surface area contributed by atoms with Crippen LogP contribution in [-0.4, -0.2) is 42.5 Å². The summed E-state index contributed by atoms with van der Waals surface area (Å²) in [7, 11) is 3.31. The van der Waals surface area contributed by atoms with Gasteiger partial charge in [0, 0.05) is 22.7 Å². The lowest BCUT2D eigenvalue weighted by Gasteiger charge is -2.30. The highest BCUT2D eigenvalue weighted by Gasteiger charge is 2.68. The van der Waals surface area contributed by atoms with E-state index in [1.165, 1.54) is 0 Å². The number of nitrogens with zero attached hydrogens (tertiary/aromatic N) is 2. The third kappa shape index (κ3) is 3.30. The molecule has 0 saturated carbocycles. The number of likely N-dealkylation sites (tertiary alicyclic amines) is 1. The summed E-state index contributed by atoms with van der Waals surface area (Å²) >= 11 is 0. The molecule has 1 N–H and O–H groups in total. The molecule has 5 rings (SSSR count). The molecule has 0 bridgehead atoms. The standard InChI is InChI=1S/C26H25N3O5/c1-28-15-19(24(29(31)32)26(28)20-10-6-7-11-21(20)27-25(26)30)18-12-13-22(23(14-18)33-2)34-16-17-8-4-3-5-9-17/h3-14,19,24H,15-16H2,1-2H3,(H,27,30)/t19-,24-,26-/m0/s1. The van der Waals surface area contributed by atoms with Crippen LogP contribution in [0, 0.1) is 10.1 Å². The van der Waals surface area contributed by atoms with Gasteiger partial charge in [0.25, 0.3) is 11.9 Å². The molecule has 8 nitrogen and oxygen atoms in total. The molecule has 2 aliphatic rings. The molecule has 3 atom stereocenters. The molecule has 3 aromatic carbocycles. The smallest absolute Gasteiger partial charge is 0.256 e. The van der Waals surface area contributed by atoms with E-state index in [2.05, 4.69) is 5.32 Å². The monoisotopic (exact) mass is 459 g/mol. The number of anilines is 1. The summed E-state index contributed by atoms with van der Waals surface area (Å²) in [5.74, 6) is 0.164. The topological polar surface area (TPSA) is 93.9 Å². The van der Waals surface area contributed by atoms with Gasteiger partial charge in [-0.05, 0) is 36.4 Å². The summed E-state index contributed by atoms with van der Waals surface area (Å²) in [6.45, 7) is 0.723. The zero-order chi connectivity index (χ0) is 23.9. The molecule has 0 radical (unpaired) electrons. The number of ether oxygens (including phenoxy) is 2. The average molecular weight is 460 g/mol. The van der Waals surface area contributed by atoms with Crippen LogP contribution in [0.25, 0.3) is 0 Å². The molecule has 2 aliphatic heterocycles. The fraction of sp³-hybridized carbons (Fsp3) is 0.269. The summed E-state index contributed by atoms with van der Waals surface area (Å²) in [6, 6.07) is 21.2. The highest BCUT2D eigenvalue weighted by molar-refractivity contribution is 6.06. The number of para-hydroxylation sites is 1. The molecule has 0 aromatic heterocycles. The summed E-state index contributed by atoms with van der Waals surface area (Å²) < 4.78 is 11.5. The van der Waals surface area contributed by atoms with Crippen molar-refractivity contribution in [3.05, 3.63) is 99.6 Å². The largest absolute Gasteiger partial charge is 0.493 e. The van der Waals surface area contributed by atoms with Gasteiger partial charge in [-0.2, -0.15) is 0 Å². The van der Waals surface area contributed by atoms with E-state index in [9.17, 15) is 14.9 Å². The number of hydrogen-bond donors (Lipinski definition) is 1. The van der Waals surface area contributed by atoms with E-state index in [1.54, 1.807) is 49.4 Å². The van der Waals surface area contributed by atoms with E-state index in [0.29, 0.717) is 35.9 Å². The van der Waals surface area contributed by atoms with Crippen molar-refractivity contribution in [3.8, 4) is 11.5 Å². The summed E-state index contributed by atoms with van der Waals surface area (Å²) in [4.78, 5) is 27.2. The third-order valence-electron chi connectivity index (χ3n) is 6.89. The predicted molar refractivity (Wildman–Crippen MR) is 127 cm³/mol. The van der Waals surface area contributed by atoms with Gasteiger partial charge < -0.3 is 14.8 Å². The van der Waals surface area contributed by atoms with Crippen molar-refractivity contribution in [2.75, 3.05) is 26.0 Å². The van der Waals surface area contributed by atoms with Gasteiger partial charge in [0.1, 0.15) is 6.61 Å². The van der Waals surface area contributed by atoms with Crippen molar-refractivity contribution in [2.45, 2.75) is 24.1 Å². The van der Waals surface area contributed by atoms with Crippen molar-refractivity contribution < 1.29 is 19.2 Å².